The Kier molecular flexibility index (Phi) is 4.25. The third kappa shape index (κ3) is 3.10. The fourth-order valence-electron chi connectivity index (χ4n) is 2.55. The van der Waals surface area contributed by atoms with E-state index in [0.29, 0.717) is 0 Å². The molecular formula is C16H19ClN4. The van der Waals surface area contributed by atoms with Crippen LogP contribution in [-0.4, -0.2) is 36.1 Å². The van der Waals surface area contributed by atoms with Crippen molar-refractivity contribution in [2.24, 2.45) is 0 Å². The second kappa shape index (κ2) is 6.31. The largest absolute Gasteiger partial charge is 0.367 e. The molecule has 110 valence electrons. The van der Waals surface area contributed by atoms with E-state index in [1.807, 2.05) is 30.6 Å². The second-order valence-corrected chi connectivity index (χ2v) is 5.58. The van der Waals surface area contributed by atoms with Crippen LogP contribution in [-0.2, 0) is 6.42 Å². The number of nitrogens with zero attached hydrogens (tertiary/aromatic N) is 4. The van der Waals surface area contributed by atoms with Crippen LogP contribution >= 0.6 is 11.6 Å². The van der Waals surface area contributed by atoms with E-state index < -0.39 is 0 Å². The van der Waals surface area contributed by atoms with Crippen molar-refractivity contribution in [1.82, 2.24) is 9.97 Å². The number of aryl methyl sites for hydroxylation is 1. The Balaban J connectivity index is 1.66. The molecule has 3 rings (SSSR count). The fourth-order valence-corrected chi connectivity index (χ4v) is 2.80. The zero-order valence-corrected chi connectivity index (χ0v) is 12.9. The molecule has 0 radical (unpaired) electrons. The summed E-state index contributed by atoms with van der Waals surface area (Å²) in [6.07, 6.45) is 4.81. The Morgan fingerprint density at radius 1 is 1.00 bits per heavy atom. The Labute approximate surface area is 130 Å². The molecule has 4 nitrogen and oxygen atoms in total. The van der Waals surface area contributed by atoms with E-state index in [4.69, 9.17) is 11.6 Å². The average Bonchev–Trinajstić information content (AvgIpc) is 2.56. The highest BCUT2D eigenvalue weighted by Gasteiger charge is 2.20. The Morgan fingerprint density at radius 2 is 1.62 bits per heavy atom. The number of hydrogen-bond donors (Lipinski definition) is 0. The van der Waals surface area contributed by atoms with Crippen LogP contribution in [0.1, 0.15) is 12.5 Å². The molecule has 1 aromatic heterocycles. The molecule has 1 fully saturated rings. The van der Waals surface area contributed by atoms with Gasteiger partial charge in [-0.15, -0.1) is 0 Å². The van der Waals surface area contributed by atoms with Gasteiger partial charge in [-0.1, -0.05) is 30.7 Å². The second-order valence-electron chi connectivity index (χ2n) is 5.17. The van der Waals surface area contributed by atoms with Crippen molar-refractivity contribution in [3.63, 3.8) is 0 Å². The molecular weight excluding hydrogens is 284 g/mol. The Morgan fingerprint density at radius 3 is 2.24 bits per heavy atom. The SMILES string of the molecule is CCc1cnc(N2CCN(c3ccccc3Cl)CC2)nc1. The highest BCUT2D eigenvalue weighted by Crippen LogP contribution is 2.26. The van der Waals surface area contributed by atoms with Crippen LogP contribution in [0.4, 0.5) is 11.6 Å². The standard InChI is InChI=1S/C16H19ClN4/c1-2-13-11-18-16(19-12-13)21-9-7-20(8-10-21)15-6-4-3-5-14(15)17/h3-6,11-12H,2,7-10H2,1H3. The van der Waals surface area contributed by atoms with Crippen molar-refractivity contribution in [3.8, 4) is 0 Å². The van der Waals surface area contributed by atoms with Gasteiger partial charge in [-0.3, -0.25) is 0 Å². The van der Waals surface area contributed by atoms with E-state index in [1.54, 1.807) is 0 Å². The summed E-state index contributed by atoms with van der Waals surface area (Å²) in [7, 11) is 0. The molecule has 0 unspecified atom stereocenters. The molecule has 0 spiro atoms. The maximum Gasteiger partial charge on any atom is 0.225 e. The van der Waals surface area contributed by atoms with Crippen LogP contribution < -0.4 is 9.80 Å². The molecule has 1 saturated heterocycles. The number of benzene rings is 1. The molecule has 0 bridgehead atoms. The molecule has 0 N–H and O–H groups in total. The number of halogens is 1. The summed E-state index contributed by atoms with van der Waals surface area (Å²) in [5.41, 5.74) is 2.29. The lowest BCUT2D eigenvalue weighted by molar-refractivity contribution is 0.639. The molecule has 2 aromatic rings. The van der Waals surface area contributed by atoms with Crippen molar-refractivity contribution in [1.29, 1.82) is 0 Å². The van der Waals surface area contributed by atoms with Gasteiger partial charge >= 0.3 is 0 Å². The van der Waals surface area contributed by atoms with Crippen LogP contribution in [0, 0.1) is 0 Å². The summed E-state index contributed by atoms with van der Waals surface area (Å²) in [4.78, 5) is 13.5. The van der Waals surface area contributed by atoms with E-state index >= 15 is 0 Å². The lowest BCUT2D eigenvalue weighted by Gasteiger charge is -2.36. The van der Waals surface area contributed by atoms with Crippen LogP contribution in [0.15, 0.2) is 36.7 Å². The first-order chi connectivity index (χ1) is 10.3. The maximum atomic E-state index is 6.26. The normalized spacial score (nSPS) is 15.3. The first kappa shape index (κ1) is 14.1. The van der Waals surface area contributed by atoms with Crippen molar-refractivity contribution in [2.75, 3.05) is 36.0 Å². The highest BCUT2D eigenvalue weighted by molar-refractivity contribution is 6.33. The van der Waals surface area contributed by atoms with Crippen LogP contribution in [0.5, 0.6) is 0 Å². The number of piperazine rings is 1. The van der Waals surface area contributed by atoms with Crippen LogP contribution in [0.2, 0.25) is 5.02 Å². The average molecular weight is 303 g/mol. The fraction of sp³-hybridized carbons (Fsp3) is 0.375. The molecule has 21 heavy (non-hydrogen) atoms. The molecule has 0 amide bonds. The first-order valence-electron chi connectivity index (χ1n) is 7.33. The minimum absolute atomic E-state index is 0.814. The third-order valence-electron chi connectivity index (χ3n) is 3.86. The maximum absolute atomic E-state index is 6.26. The topological polar surface area (TPSA) is 32.3 Å². The molecule has 5 heteroatoms. The van der Waals surface area contributed by atoms with E-state index in [-0.39, 0.29) is 0 Å². The number of aromatic nitrogens is 2. The van der Waals surface area contributed by atoms with E-state index in [1.165, 1.54) is 5.56 Å². The zero-order chi connectivity index (χ0) is 14.7. The third-order valence-corrected chi connectivity index (χ3v) is 4.18. The minimum Gasteiger partial charge on any atom is -0.367 e. The van der Waals surface area contributed by atoms with Gasteiger partial charge in [-0.2, -0.15) is 0 Å². The lowest BCUT2D eigenvalue weighted by Crippen LogP contribution is -2.47. The van der Waals surface area contributed by atoms with Crippen molar-refractivity contribution in [3.05, 3.63) is 47.2 Å². The summed E-state index contributed by atoms with van der Waals surface area (Å²) >= 11 is 6.26. The smallest absolute Gasteiger partial charge is 0.225 e. The number of rotatable bonds is 3. The van der Waals surface area contributed by atoms with Gasteiger partial charge in [0.15, 0.2) is 0 Å². The van der Waals surface area contributed by atoms with Gasteiger partial charge in [-0.25, -0.2) is 9.97 Å². The predicted molar refractivity (Wildman–Crippen MR) is 87.3 cm³/mol. The minimum atomic E-state index is 0.814. The Hall–Kier alpha value is -1.81. The lowest BCUT2D eigenvalue weighted by atomic mass is 10.2. The van der Waals surface area contributed by atoms with Crippen LogP contribution in [0.3, 0.4) is 0 Å². The summed E-state index contributed by atoms with van der Waals surface area (Å²) in [5.74, 6) is 0.825. The predicted octanol–water partition coefficient (Wildman–Crippen LogP) is 3.02. The van der Waals surface area contributed by atoms with E-state index in [9.17, 15) is 0 Å². The van der Waals surface area contributed by atoms with Gasteiger partial charge in [0.2, 0.25) is 5.95 Å². The van der Waals surface area contributed by atoms with Gasteiger partial charge < -0.3 is 9.80 Å². The molecule has 1 aromatic carbocycles. The summed E-state index contributed by atoms with van der Waals surface area (Å²) in [5, 5.41) is 0.814. The number of hydrogen-bond acceptors (Lipinski definition) is 4. The summed E-state index contributed by atoms with van der Waals surface area (Å²) in [6, 6.07) is 8.01. The van der Waals surface area contributed by atoms with Crippen molar-refractivity contribution in [2.45, 2.75) is 13.3 Å². The number of para-hydroxylation sites is 1. The summed E-state index contributed by atoms with van der Waals surface area (Å²) in [6.45, 7) is 5.80. The molecule has 0 atom stereocenters. The monoisotopic (exact) mass is 302 g/mol. The number of anilines is 2. The van der Waals surface area contributed by atoms with Gasteiger partial charge in [0.25, 0.3) is 0 Å². The van der Waals surface area contributed by atoms with Crippen molar-refractivity contribution >= 4 is 23.2 Å². The first-order valence-corrected chi connectivity index (χ1v) is 7.71. The molecule has 0 saturated carbocycles. The molecule has 1 aliphatic rings. The quantitative estimate of drug-likeness (QED) is 0.872. The molecule has 1 aliphatic heterocycles. The van der Waals surface area contributed by atoms with Gasteiger partial charge in [0.1, 0.15) is 0 Å². The zero-order valence-electron chi connectivity index (χ0n) is 12.2. The van der Waals surface area contributed by atoms with E-state index in [2.05, 4.69) is 32.8 Å². The molecule has 0 aliphatic carbocycles. The van der Waals surface area contributed by atoms with Gasteiger partial charge in [0.05, 0.1) is 10.7 Å². The highest BCUT2D eigenvalue weighted by atomic mass is 35.5. The van der Waals surface area contributed by atoms with E-state index in [0.717, 1.165) is 49.3 Å². The van der Waals surface area contributed by atoms with Gasteiger partial charge in [-0.05, 0) is 24.1 Å². The summed E-state index contributed by atoms with van der Waals surface area (Å²) < 4.78 is 0. The molecule has 2 heterocycles. The van der Waals surface area contributed by atoms with Crippen LogP contribution in [0.25, 0.3) is 0 Å². The Bertz CT molecular complexity index is 591. The van der Waals surface area contributed by atoms with Crippen molar-refractivity contribution < 1.29 is 0 Å². The van der Waals surface area contributed by atoms with Gasteiger partial charge in [0, 0.05) is 38.6 Å².